The quantitative estimate of drug-likeness (QED) is 0.155. The van der Waals surface area contributed by atoms with Crippen molar-refractivity contribution in [3.63, 3.8) is 0 Å². The van der Waals surface area contributed by atoms with Crippen molar-refractivity contribution < 1.29 is 0 Å². The molecule has 3 aromatic heterocycles. The molecule has 0 atom stereocenters. The van der Waals surface area contributed by atoms with Crippen molar-refractivity contribution in [3.05, 3.63) is 193 Å². The number of rotatable bonds is 4. The van der Waals surface area contributed by atoms with Crippen molar-refractivity contribution in [2.75, 3.05) is 0 Å². The molecule has 0 saturated carbocycles. The predicted octanol–water partition coefficient (Wildman–Crippen LogP) is 18.9. The molecule has 3 heteroatoms. The molecule has 0 unspecified atom stereocenters. The maximum absolute atomic E-state index is 2.45. The van der Waals surface area contributed by atoms with Crippen LogP contribution >= 0.6 is 34.0 Å². The molecule has 0 nitrogen and oxygen atoms in total. The summed E-state index contributed by atoms with van der Waals surface area (Å²) in [5, 5.41) is 25.8. The van der Waals surface area contributed by atoms with Crippen molar-refractivity contribution in [2.24, 2.45) is 0 Å². The van der Waals surface area contributed by atoms with E-state index in [1.54, 1.807) is 0 Å². The third-order valence-electron chi connectivity index (χ3n) is 14.0. The first-order valence-corrected chi connectivity index (χ1v) is 24.1. The smallest absolute Gasteiger partial charge is 0.0355 e. The minimum absolute atomic E-state index is 1.26. The zero-order chi connectivity index (χ0) is 40.9. The van der Waals surface area contributed by atoms with Gasteiger partial charge in [0.15, 0.2) is 0 Å². The van der Waals surface area contributed by atoms with Gasteiger partial charge in [-0.05, 0) is 145 Å². The van der Waals surface area contributed by atoms with Gasteiger partial charge in [0.2, 0.25) is 0 Å². The Morgan fingerprint density at radius 2 is 0.603 bits per heavy atom. The number of benzene rings is 12. The van der Waals surface area contributed by atoms with Gasteiger partial charge in [0.25, 0.3) is 0 Å². The SMILES string of the molecule is c1ccc2c(-c3ccc4ccc5c(-c6ccc7sc8ccc(-c9ccc%10ccc%11c(-c%12csc%13ccccc%12%13)ccc%12ccc9c%10c%12%11)cc8c7c6)ccc6ccc3c4c65)csc2c1. The third-order valence-corrected chi connectivity index (χ3v) is 17.0. The van der Waals surface area contributed by atoms with Crippen LogP contribution in [0.3, 0.4) is 0 Å². The van der Waals surface area contributed by atoms with Crippen LogP contribution in [0, 0.1) is 0 Å². The molecule has 3 heterocycles. The van der Waals surface area contributed by atoms with Gasteiger partial charge in [-0.3, -0.25) is 0 Å². The van der Waals surface area contributed by atoms with Gasteiger partial charge in [-0.1, -0.05) is 146 Å². The fraction of sp³-hybridized carbons (Fsp3) is 0. The zero-order valence-electron chi connectivity index (χ0n) is 33.7. The second-order valence-corrected chi connectivity index (χ2v) is 20.0. The molecule has 0 aliphatic rings. The summed E-state index contributed by atoms with van der Waals surface area (Å²) in [6.45, 7) is 0. The van der Waals surface area contributed by atoms with E-state index in [4.69, 9.17) is 0 Å². The van der Waals surface area contributed by atoms with Crippen LogP contribution in [0.5, 0.6) is 0 Å². The Bertz CT molecular complexity index is 4100. The molecule has 0 fully saturated rings. The van der Waals surface area contributed by atoms with E-state index < -0.39 is 0 Å². The van der Waals surface area contributed by atoms with Crippen LogP contribution in [0.25, 0.3) is 149 Å². The van der Waals surface area contributed by atoms with E-state index in [0.29, 0.717) is 0 Å². The first-order valence-electron chi connectivity index (χ1n) is 21.5. The maximum Gasteiger partial charge on any atom is 0.0355 e. The summed E-state index contributed by atoms with van der Waals surface area (Å²) in [5.74, 6) is 0. The van der Waals surface area contributed by atoms with Gasteiger partial charge in [-0.2, -0.15) is 0 Å². The van der Waals surface area contributed by atoms with Crippen molar-refractivity contribution >= 4 is 139 Å². The molecule has 63 heavy (non-hydrogen) atoms. The minimum Gasteiger partial charge on any atom is -0.143 e. The topological polar surface area (TPSA) is 0 Å². The van der Waals surface area contributed by atoms with Gasteiger partial charge in [-0.15, -0.1) is 34.0 Å². The van der Waals surface area contributed by atoms with Gasteiger partial charge < -0.3 is 0 Å². The molecule has 12 aromatic carbocycles. The highest BCUT2D eigenvalue weighted by Gasteiger charge is 2.20. The molecular formula is C60H32S3. The second-order valence-electron chi connectivity index (χ2n) is 17.1. The molecule has 0 N–H and O–H groups in total. The Hall–Kier alpha value is -7.14. The maximum atomic E-state index is 2.45. The fourth-order valence-electron chi connectivity index (χ4n) is 11.1. The molecule has 0 aliphatic carbocycles. The van der Waals surface area contributed by atoms with Crippen LogP contribution in [-0.2, 0) is 0 Å². The summed E-state index contributed by atoms with van der Waals surface area (Å²) in [5.41, 5.74) is 10.3. The number of hydrogen-bond acceptors (Lipinski definition) is 3. The van der Waals surface area contributed by atoms with Gasteiger partial charge in [0.1, 0.15) is 0 Å². The summed E-state index contributed by atoms with van der Waals surface area (Å²) in [4.78, 5) is 0. The summed E-state index contributed by atoms with van der Waals surface area (Å²) in [6, 6.07) is 69.2. The molecular weight excluding hydrogens is 817 g/mol. The Balaban J connectivity index is 0.891. The number of hydrogen-bond donors (Lipinski definition) is 0. The summed E-state index contributed by atoms with van der Waals surface area (Å²) in [7, 11) is 0. The highest BCUT2D eigenvalue weighted by molar-refractivity contribution is 7.25. The first-order chi connectivity index (χ1) is 31.2. The Labute approximate surface area is 373 Å². The van der Waals surface area contributed by atoms with Crippen LogP contribution in [0.2, 0.25) is 0 Å². The van der Waals surface area contributed by atoms with Gasteiger partial charge in [0, 0.05) is 51.5 Å². The highest BCUT2D eigenvalue weighted by atomic mass is 32.1. The van der Waals surface area contributed by atoms with Crippen molar-refractivity contribution in [1.29, 1.82) is 0 Å². The first kappa shape index (κ1) is 34.4. The minimum atomic E-state index is 1.26. The van der Waals surface area contributed by atoms with Crippen molar-refractivity contribution in [1.82, 2.24) is 0 Å². The van der Waals surface area contributed by atoms with Gasteiger partial charge in [-0.25, -0.2) is 0 Å². The summed E-state index contributed by atoms with van der Waals surface area (Å²) < 4.78 is 5.30. The van der Waals surface area contributed by atoms with E-state index >= 15 is 0 Å². The summed E-state index contributed by atoms with van der Waals surface area (Å²) >= 11 is 5.56. The molecule has 15 aromatic rings. The van der Waals surface area contributed by atoms with E-state index in [2.05, 4.69) is 193 Å². The molecule has 0 bridgehead atoms. The molecule has 15 rings (SSSR count). The van der Waals surface area contributed by atoms with Crippen LogP contribution < -0.4 is 0 Å². The fourth-order valence-corrected chi connectivity index (χ4v) is 14.0. The summed E-state index contributed by atoms with van der Waals surface area (Å²) in [6.07, 6.45) is 0. The van der Waals surface area contributed by atoms with E-state index in [1.165, 1.54) is 149 Å². The van der Waals surface area contributed by atoms with Crippen molar-refractivity contribution in [3.8, 4) is 44.5 Å². The number of thiophene rings is 3. The average molecular weight is 849 g/mol. The largest absolute Gasteiger partial charge is 0.143 e. The lowest BCUT2D eigenvalue weighted by Gasteiger charge is -2.16. The Morgan fingerprint density at radius 3 is 1.03 bits per heavy atom. The number of fused-ring (bicyclic) bond motifs is 5. The van der Waals surface area contributed by atoms with Crippen LogP contribution in [0.1, 0.15) is 0 Å². The van der Waals surface area contributed by atoms with Gasteiger partial charge in [0.05, 0.1) is 0 Å². The molecule has 0 spiro atoms. The molecule has 290 valence electrons. The second kappa shape index (κ2) is 12.7. The lowest BCUT2D eigenvalue weighted by atomic mass is 9.87. The average Bonchev–Trinajstić information content (AvgIpc) is 4.07. The van der Waals surface area contributed by atoms with Crippen LogP contribution in [0.4, 0.5) is 0 Å². The van der Waals surface area contributed by atoms with Crippen molar-refractivity contribution in [2.45, 2.75) is 0 Å². The Morgan fingerprint density at radius 1 is 0.238 bits per heavy atom. The molecule has 0 radical (unpaired) electrons. The standard InChI is InChI=1S/C60H32S3/c1-3-7-53-43(5-1)51(31-61-53)41-21-11-35-13-23-45-39(19-9-33-15-25-47(41)59(35)57(33)45)37-17-27-55-49(29-37)50-30-38(18-28-56(50)63-55)40-20-10-34-16-26-48-42(52-32-62-54-8-4-2-6-44(52)54)22-12-36-14-24-46(40)58(34)60(36)48/h1-32H. The lowest BCUT2D eigenvalue weighted by molar-refractivity contribution is 1.71. The molecule has 0 amide bonds. The van der Waals surface area contributed by atoms with Crippen LogP contribution in [0.15, 0.2) is 193 Å². The van der Waals surface area contributed by atoms with Crippen LogP contribution in [-0.4, -0.2) is 0 Å². The van der Waals surface area contributed by atoms with Gasteiger partial charge >= 0.3 is 0 Å². The molecule has 0 aliphatic heterocycles. The third kappa shape index (κ3) is 4.79. The highest BCUT2D eigenvalue weighted by Crippen LogP contribution is 2.48. The predicted molar refractivity (Wildman–Crippen MR) is 279 cm³/mol. The van der Waals surface area contributed by atoms with E-state index in [1.807, 2.05) is 34.0 Å². The van der Waals surface area contributed by atoms with E-state index in [-0.39, 0.29) is 0 Å². The van der Waals surface area contributed by atoms with E-state index in [9.17, 15) is 0 Å². The zero-order valence-corrected chi connectivity index (χ0v) is 36.1. The molecule has 0 saturated heterocycles. The monoisotopic (exact) mass is 848 g/mol. The normalized spacial score (nSPS) is 12.4. The lowest BCUT2D eigenvalue weighted by Crippen LogP contribution is -1.89. The van der Waals surface area contributed by atoms with E-state index in [0.717, 1.165) is 0 Å². The Kier molecular flexibility index (Phi) is 6.95.